The maximum atomic E-state index is 13.5. The van der Waals surface area contributed by atoms with Gasteiger partial charge in [0.05, 0.1) is 29.7 Å². The van der Waals surface area contributed by atoms with Crippen molar-refractivity contribution >= 4 is 33.2 Å². The van der Waals surface area contributed by atoms with Crippen molar-refractivity contribution in [3.05, 3.63) is 58.1 Å². The van der Waals surface area contributed by atoms with Crippen LogP contribution < -0.4 is 14.4 Å². The minimum Gasteiger partial charge on any atom is -0.487 e. The highest BCUT2D eigenvalue weighted by atomic mass is 35.5. The van der Waals surface area contributed by atoms with E-state index in [1.807, 2.05) is 37.3 Å². The number of hydrogen-bond donors (Lipinski definition) is 1. The average molecular weight is 716 g/mol. The molecule has 1 saturated heterocycles. The minimum absolute atomic E-state index is 0.129. The third kappa shape index (κ3) is 8.09. The third-order valence-corrected chi connectivity index (χ3v) is 14.1. The number of benzene rings is 2. The second-order valence-corrected chi connectivity index (χ2v) is 17.9. The molecule has 2 bridgehead atoms. The van der Waals surface area contributed by atoms with Gasteiger partial charge in [-0.3, -0.25) is 9.69 Å². The van der Waals surface area contributed by atoms with Crippen molar-refractivity contribution in [2.75, 3.05) is 45.3 Å². The molecule has 3 aliphatic heterocycles. The summed E-state index contributed by atoms with van der Waals surface area (Å²) in [7, 11) is 0.224. The van der Waals surface area contributed by atoms with Gasteiger partial charge in [-0.05, 0) is 132 Å². The number of likely N-dealkylation sites (N-methyl/N-ethyl adjacent to an activating group) is 1. The Morgan fingerprint density at radius 3 is 2.43 bits per heavy atom. The maximum absolute atomic E-state index is 13.5. The van der Waals surface area contributed by atoms with Gasteiger partial charge >= 0.3 is 0 Å². The van der Waals surface area contributed by atoms with Crippen LogP contribution in [0.3, 0.4) is 0 Å². The SMILES string of the molecule is C[C@@H]1[C@@H](C)CCC[C@H]([C@H]2OC[C@](C)(N(C)C)CO2)[C@@H]2CC[C@H]2CN2CCCCc3cc(Cl)ccc3COc3ccc(cc32)C(=O)NS1(=O)=O. The van der Waals surface area contributed by atoms with E-state index in [0.29, 0.717) is 43.0 Å². The van der Waals surface area contributed by atoms with Crippen molar-refractivity contribution in [3.8, 4) is 5.75 Å². The number of nitrogens with one attached hydrogen (secondary N) is 1. The number of aryl methyl sites for hydroxylation is 1. The molecule has 1 aliphatic carbocycles. The molecule has 0 spiro atoms. The lowest BCUT2D eigenvalue weighted by atomic mass is 9.65. The van der Waals surface area contributed by atoms with E-state index in [1.165, 1.54) is 5.56 Å². The first-order chi connectivity index (χ1) is 23.3. The molecule has 270 valence electrons. The fourth-order valence-electron chi connectivity index (χ4n) is 7.92. The molecule has 11 heteroatoms. The van der Waals surface area contributed by atoms with Gasteiger partial charge < -0.3 is 19.1 Å². The Morgan fingerprint density at radius 2 is 1.71 bits per heavy atom. The van der Waals surface area contributed by atoms with E-state index >= 15 is 0 Å². The first kappa shape index (κ1) is 36.4. The van der Waals surface area contributed by atoms with Crippen LogP contribution in [-0.2, 0) is 32.5 Å². The van der Waals surface area contributed by atoms with Crippen molar-refractivity contribution in [2.45, 2.75) is 95.8 Å². The van der Waals surface area contributed by atoms with Crippen molar-refractivity contribution < 1.29 is 27.4 Å². The zero-order valence-corrected chi connectivity index (χ0v) is 31.3. The second kappa shape index (κ2) is 15.1. The number of amides is 1. The maximum Gasteiger partial charge on any atom is 0.264 e. The van der Waals surface area contributed by atoms with Crippen LogP contribution in [0.25, 0.3) is 0 Å². The molecule has 0 aromatic heterocycles. The predicted molar refractivity (Wildman–Crippen MR) is 194 cm³/mol. The van der Waals surface area contributed by atoms with Crippen LogP contribution >= 0.6 is 11.6 Å². The molecule has 4 aliphatic rings. The van der Waals surface area contributed by atoms with Gasteiger partial charge in [0, 0.05) is 29.6 Å². The number of carbonyl (C=O) groups excluding carboxylic acids is 1. The number of ether oxygens (including phenoxy) is 3. The number of carbonyl (C=O) groups is 1. The summed E-state index contributed by atoms with van der Waals surface area (Å²) < 4.78 is 48.9. The number of halogens is 1. The molecule has 6 rings (SSSR count). The number of fused-ring (bicyclic) bond motifs is 3. The highest BCUT2D eigenvalue weighted by molar-refractivity contribution is 7.90. The Bertz CT molecular complexity index is 1590. The summed E-state index contributed by atoms with van der Waals surface area (Å²) in [6.07, 6.45) is 7.28. The predicted octanol–water partition coefficient (Wildman–Crippen LogP) is 6.67. The highest BCUT2D eigenvalue weighted by Crippen LogP contribution is 2.47. The standard InChI is InChI=1S/C38H54ClN3O6S/c1-25-9-8-11-33(37-47-23-38(3,24-48-37)41(4)5)32-16-13-29(32)21-42-18-7-6-10-27-19-31(39)15-12-30(27)22-46-35-17-14-28(20-34(35)42)36(43)40-49(44,45)26(25)2/h12,14-15,17,19-20,25-26,29,32-33,37H,6-11,13,16,18,21-24H2,1-5H3,(H,40,43)/t25-,26+,29-,32+,33-,37-,38-/m0/s1. The zero-order chi connectivity index (χ0) is 34.9. The molecule has 2 fully saturated rings. The van der Waals surface area contributed by atoms with Crippen LogP contribution in [0.4, 0.5) is 5.69 Å². The van der Waals surface area contributed by atoms with Crippen LogP contribution in [0.5, 0.6) is 5.75 Å². The minimum atomic E-state index is -3.91. The second-order valence-electron chi connectivity index (χ2n) is 15.4. The fourth-order valence-corrected chi connectivity index (χ4v) is 9.42. The van der Waals surface area contributed by atoms with Gasteiger partial charge in [-0.2, -0.15) is 0 Å². The van der Waals surface area contributed by atoms with E-state index in [-0.39, 0.29) is 23.7 Å². The molecule has 3 heterocycles. The van der Waals surface area contributed by atoms with Gasteiger partial charge in [0.1, 0.15) is 12.4 Å². The Labute approximate surface area is 298 Å². The lowest BCUT2D eigenvalue weighted by Crippen LogP contribution is -2.57. The largest absolute Gasteiger partial charge is 0.487 e. The fraction of sp³-hybridized carbons (Fsp3) is 0.658. The molecule has 0 unspecified atom stereocenters. The van der Waals surface area contributed by atoms with E-state index in [1.54, 1.807) is 13.0 Å². The van der Waals surface area contributed by atoms with Crippen LogP contribution in [0.15, 0.2) is 36.4 Å². The molecule has 9 nitrogen and oxygen atoms in total. The first-order valence-corrected chi connectivity index (χ1v) is 20.0. The molecule has 0 radical (unpaired) electrons. The normalized spacial score (nSPS) is 32.8. The number of sulfonamides is 1. The van der Waals surface area contributed by atoms with Gasteiger partial charge in [0.15, 0.2) is 6.29 Å². The smallest absolute Gasteiger partial charge is 0.264 e. The Kier molecular flexibility index (Phi) is 11.2. The van der Waals surface area contributed by atoms with Crippen molar-refractivity contribution in [2.24, 2.45) is 23.7 Å². The van der Waals surface area contributed by atoms with E-state index in [2.05, 4.69) is 35.5 Å². The summed E-state index contributed by atoms with van der Waals surface area (Å²) in [6.45, 7) is 9.04. The van der Waals surface area contributed by atoms with Gasteiger partial charge in [-0.15, -0.1) is 0 Å². The van der Waals surface area contributed by atoms with E-state index in [9.17, 15) is 13.2 Å². The lowest BCUT2D eigenvalue weighted by Gasteiger charge is -2.50. The van der Waals surface area contributed by atoms with Crippen LogP contribution in [-0.4, -0.2) is 76.7 Å². The summed E-state index contributed by atoms with van der Waals surface area (Å²) in [4.78, 5) is 18.1. The molecule has 2 aromatic carbocycles. The lowest BCUT2D eigenvalue weighted by molar-refractivity contribution is -0.260. The number of nitrogens with zero attached hydrogens (tertiary/aromatic N) is 2. The van der Waals surface area contributed by atoms with Crippen molar-refractivity contribution in [1.29, 1.82) is 0 Å². The molecule has 49 heavy (non-hydrogen) atoms. The quantitative estimate of drug-likeness (QED) is 0.369. The summed E-state index contributed by atoms with van der Waals surface area (Å²) in [6, 6.07) is 11.3. The Balaban J connectivity index is 1.35. The van der Waals surface area contributed by atoms with Crippen LogP contribution in [0.2, 0.25) is 5.02 Å². The first-order valence-electron chi connectivity index (χ1n) is 18.1. The van der Waals surface area contributed by atoms with Crippen molar-refractivity contribution in [1.82, 2.24) is 9.62 Å². The topological polar surface area (TPSA) is 97.4 Å². The molecule has 1 N–H and O–H groups in total. The Hall–Kier alpha value is -2.37. The number of rotatable bonds is 2. The molecule has 5 atom stereocenters. The number of anilines is 1. The summed E-state index contributed by atoms with van der Waals surface area (Å²) >= 11 is 6.38. The van der Waals surface area contributed by atoms with Crippen molar-refractivity contribution in [3.63, 3.8) is 0 Å². The van der Waals surface area contributed by atoms with Gasteiger partial charge in [-0.25, -0.2) is 13.1 Å². The van der Waals surface area contributed by atoms with E-state index in [4.69, 9.17) is 25.8 Å². The summed E-state index contributed by atoms with van der Waals surface area (Å²) in [5, 5.41) is -0.00670. The van der Waals surface area contributed by atoms with Crippen LogP contribution in [0, 0.1) is 23.7 Å². The van der Waals surface area contributed by atoms with Crippen LogP contribution in [0.1, 0.15) is 87.2 Å². The van der Waals surface area contributed by atoms with Gasteiger partial charge in [0.25, 0.3) is 5.91 Å². The summed E-state index contributed by atoms with van der Waals surface area (Å²) in [5.74, 6) is 0.993. The van der Waals surface area contributed by atoms with Gasteiger partial charge in [-0.1, -0.05) is 31.0 Å². The van der Waals surface area contributed by atoms with E-state index in [0.717, 1.165) is 80.7 Å². The van der Waals surface area contributed by atoms with E-state index < -0.39 is 21.2 Å². The van der Waals surface area contributed by atoms with Gasteiger partial charge in [0.2, 0.25) is 10.0 Å². The summed E-state index contributed by atoms with van der Waals surface area (Å²) in [5.41, 5.74) is 3.24. The molecule has 1 saturated carbocycles. The molecular formula is C38H54ClN3O6S. The molecule has 1 amide bonds. The zero-order valence-electron chi connectivity index (χ0n) is 29.8. The number of hydrogen-bond acceptors (Lipinski definition) is 8. The Morgan fingerprint density at radius 1 is 0.939 bits per heavy atom. The molecular weight excluding hydrogens is 662 g/mol. The third-order valence-electron chi connectivity index (χ3n) is 12.0. The monoisotopic (exact) mass is 715 g/mol. The highest BCUT2D eigenvalue weighted by Gasteiger charge is 2.45. The average Bonchev–Trinajstić information content (AvgIpc) is 3.08. The molecule has 2 aromatic rings.